The molecular weight excluding hydrogens is 216 g/mol. The second kappa shape index (κ2) is 5.68. The molecule has 0 fully saturated rings. The molecule has 1 unspecified atom stereocenters. The highest BCUT2D eigenvalue weighted by atomic mass is 16.5. The van der Waals surface area contributed by atoms with E-state index >= 15 is 0 Å². The fourth-order valence-electron chi connectivity index (χ4n) is 2.00. The van der Waals surface area contributed by atoms with Crippen LogP contribution in [0.5, 0.6) is 5.75 Å². The van der Waals surface area contributed by atoms with Gasteiger partial charge < -0.3 is 15.4 Å². The molecule has 0 bridgehead atoms. The molecule has 4 nitrogen and oxygen atoms in total. The van der Waals surface area contributed by atoms with Crippen LogP contribution in [0.2, 0.25) is 0 Å². The predicted molar refractivity (Wildman–Crippen MR) is 66.2 cm³/mol. The minimum absolute atomic E-state index is 0.0700. The molecule has 17 heavy (non-hydrogen) atoms. The Morgan fingerprint density at radius 1 is 1.47 bits per heavy atom. The third-order valence-corrected chi connectivity index (χ3v) is 3.00. The van der Waals surface area contributed by atoms with Gasteiger partial charge in [-0.3, -0.25) is 4.79 Å². The Bertz CT molecular complexity index is 393. The summed E-state index contributed by atoms with van der Waals surface area (Å²) in [5.41, 5.74) is 1.26. The predicted octanol–water partition coefficient (Wildman–Crippen LogP) is 0.888. The topological polar surface area (TPSA) is 50.4 Å². The van der Waals surface area contributed by atoms with Gasteiger partial charge >= 0.3 is 0 Å². The van der Waals surface area contributed by atoms with E-state index in [1.54, 1.807) is 7.05 Å². The average Bonchev–Trinajstić information content (AvgIpc) is 2.78. The van der Waals surface area contributed by atoms with E-state index in [-0.39, 0.29) is 5.91 Å². The number of para-hydroxylation sites is 1. The quantitative estimate of drug-likeness (QED) is 0.744. The summed E-state index contributed by atoms with van der Waals surface area (Å²) in [6, 6.07) is 8.12. The van der Waals surface area contributed by atoms with Crippen LogP contribution in [0, 0.1) is 0 Å². The molecule has 1 amide bonds. The van der Waals surface area contributed by atoms with Gasteiger partial charge in [0.2, 0.25) is 5.91 Å². The highest BCUT2D eigenvalue weighted by Crippen LogP contribution is 2.32. The van der Waals surface area contributed by atoms with Crippen LogP contribution in [0.15, 0.2) is 24.3 Å². The van der Waals surface area contributed by atoms with Gasteiger partial charge in [-0.05, 0) is 6.07 Å². The van der Waals surface area contributed by atoms with Crippen molar-refractivity contribution in [1.29, 1.82) is 0 Å². The summed E-state index contributed by atoms with van der Waals surface area (Å²) in [5, 5.41) is 5.90. The summed E-state index contributed by atoms with van der Waals surface area (Å²) in [6.07, 6.45) is 0.520. The number of benzene rings is 1. The Balaban J connectivity index is 1.76. The second-order valence-corrected chi connectivity index (χ2v) is 4.17. The Labute approximate surface area is 101 Å². The largest absolute Gasteiger partial charge is 0.493 e. The Morgan fingerprint density at radius 3 is 3.12 bits per heavy atom. The molecule has 1 aliphatic rings. The fraction of sp³-hybridized carbons (Fsp3) is 0.462. The molecule has 0 saturated heterocycles. The van der Waals surface area contributed by atoms with Crippen LogP contribution in [-0.4, -0.2) is 32.7 Å². The lowest BCUT2D eigenvalue weighted by atomic mass is 10.0. The zero-order valence-electron chi connectivity index (χ0n) is 10.0. The molecular formula is C13H18N2O2. The van der Waals surface area contributed by atoms with Crippen molar-refractivity contribution in [2.75, 3.05) is 26.7 Å². The van der Waals surface area contributed by atoms with Crippen LogP contribution in [0.25, 0.3) is 0 Å². The number of carbonyl (C=O) groups is 1. The maximum Gasteiger partial charge on any atom is 0.221 e. The average molecular weight is 234 g/mol. The number of hydrogen-bond donors (Lipinski definition) is 2. The monoisotopic (exact) mass is 234 g/mol. The molecule has 0 aliphatic carbocycles. The van der Waals surface area contributed by atoms with E-state index in [1.807, 2.05) is 18.2 Å². The van der Waals surface area contributed by atoms with E-state index in [2.05, 4.69) is 16.7 Å². The molecule has 1 aromatic carbocycles. The van der Waals surface area contributed by atoms with Gasteiger partial charge in [-0.15, -0.1) is 0 Å². The van der Waals surface area contributed by atoms with Gasteiger partial charge in [-0.1, -0.05) is 18.2 Å². The third kappa shape index (κ3) is 2.97. The molecule has 1 aliphatic heterocycles. The molecule has 92 valence electrons. The molecule has 1 heterocycles. The van der Waals surface area contributed by atoms with Crippen LogP contribution in [0.1, 0.15) is 17.9 Å². The Morgan fingerprint density at radius 2 is 2.29 bits per heavy atom. The van der Waals surface area contributed by atoms with Gasteiger partial charge in [-0.2, -0.15) is 0 Å². The highest BCUT2D eigenvalue weighted by molar-refractivity contribution is 5.75. The van der Waals surface area contributed by atoms with E-state index in [4.69, 9.17) is 4.74 Å². The van der Waals surface area contributed by atoms with Crippen LogP contribution in [0.3, 0.4) is 0 Å². The summed E-state index contributed by atoms with van der Waals surface area (Å²) >= 11 is 0. The van der Waals surface area contributed by atoms with Crippen molar-refractivity contribution in [3.8, 4) is 5.75 Å². The van der Waals surface area contributed by atoms with Crippen LogP contribution >= 0.6 is 0 Å². The van der Waals surface area contributed by atoms with E-state index in [1.165, 1.54) is 5.56 Å². The molecule has 2 N–H and O–H groups in total. The van der Waals surface area contributed by atoms with Gasteiger partial charge in [0.1, 0.15) is 5.75 Å². The highest BCUT2D eigenvalue weighted by Gasteiger charge is 2.22. The van der Waals surface area contributed by atoms with Crippen LogP contribution < -0.4 is 15.4 Å². The molecule has 2 rings (SSSR count). The Kier molecular flexibility index (Phi) is 3.98. The zero-order chi connectivity index (χ0) is 12.1. The molecule has 0 aromatic heterocycles. The number of hydrogen-bond acceptors (Lipinski definition) is 3. The summed E-state index contributed by atoms with van der Waals surface area (Å²) in [7, 11) is 1.66. The van der Waals surface area contributed by atoms with Crippen molar-refractivity contribution < 1.29 is 9.53 Å². The standard InChI is InChI=1S/C13H18N2O2/c1-14-13(16)6-7-15-8-10-9-17-12-5-3-2-4-11(10)12/h2-5,10,15H,6-9H2,1H3,(H,14,16). The van der Waals surface area contributed by atoms with Crippen molar-refractivity contribution in [3.63, 3.8) is 0 Å². The lowest BCUT2D eigenvalue weighted by Gasteiger charge is -2.09. The molecule has 0 spiro atoms. The van der Waals surface area contributed by atoms with Gasteiger partial charge in [0, 0.05) is 38.0 Å². The summed E-state index contributed by atoms with van der Waals surface area (Å²) in [5.74, 6) is 1.46. The minimum Gasteiger partial charge on any atom is -0.493 e. The van der Waals surface area contributed by atoms with Gasteiger partial charge in [0.15, 0.2) is 0 Å². The fourth-order valence-corrected chi connectivity index (χ4v) is 2.00. The SMILES string of the molecule is CNC(=O)CCNCC1COc2ccccc21. The summed E-state index contributed by atoms with van der Waals surface area (Å²) in [6.45, 7) is 2.29. The summed E-state index contributed by atoms with van der Waals surface area (Å²) < 4.78 is 5.59. The number of rotatable bonds is 5. The first-order valence-electron chi connectivity index (χ1n) is 5.94. The molecule has 1 atom stereocenters. The normalized spacial score (nSPS) is 17.4. The van der Waals surface area contributed by atoms with Crippen molar-refractivity contribution in [3.05, 3.63) is 29.8 Å². The Hall–Kier alpha value is -1.55. The smallest absolute Gasteiger partial charge is 0.221 e. The maximum atomic E-state index is 11.0. The van der Waals surface area contributed by atoms with E-state index in [9.17, 15) is 4.79 Å². The van der Waals surface area contributed by atoms with Crippen LogP contribution in [-0.2, 0) is 4.79 Å². The summed E-state index contributed by atoms with van der Waals surface area (Å²) in [4.78, 5) is 11.0. The first-order chi connectivity index (χ1) is 8.31. The second-order valence-electron chi connectivity index (χ2n) is 4.17. The third-order valence-electron chi connectivity index (χ3n) is 3.00. The molecule has 0 saturated carbocycles. The number of carbonyl (C=O) groups excluding carboxylic acids is 1. The number of nitrogens with one attached hydrogen (secondary N) is 2. The first-order valence-corrected chi connectivity index (χ1v) is 5.94. The van der Waals surface area contributed by atoms with Crippen molar-refractivity contribution >= 4 is 5.91 Å². The van der Waals surface area contributed by atoms with Crippen molar-refractivity contribution in [1.82, 2.24) is 10.6 Å². The lowest BCUT2D eigenvalue weighted by molar-refractivity contribution is -0.120. The number of ether oxygens (including phenoxy) is 1. The van der Waals surface area contributed by atoms with Gasteiger partial charge in [0.05, 0.1) is 6.61 Å². The van der Waals surface area contributed by atoms with Gasteiger partial charge in [-0.25, -0.2) is 0 Å². The van der Waals surface area contributed by atoms with Gasteiger partial charge in [0.25, 0.3) is 0 Å². The van der Waals surface area contributed by atoms with Crippen molar-refractivity contribution in [2.45, 2.75) is 12.3 Å². The minimum atomic E-state index is 0.0700. The first kappa shape index (κ1) is 11.9. The van der Waals surface area contributed by atoms with Crippen LogP contribution in [0.4, 0.5) is 0 Å². The van der Waals surface area contributed by atoms with E-state index in [0.29, 0.717) is 18.9 Å². The van der Waals surface area contributed by atoms with Crippen molar-refractivity contribution in [2.24, 2.45) is 0 Å². The number of amides is 1. The zero-order valence-corrected chi connectivity index (χ0v) is 10.0. The van der Waals surface area contributed by atoms with E-state index < -0.39 is 0 Å². The molecule has 0 radical (unpaired) electrons. The maximum absolute atomic E-state index is 11.0. The molecule has 4 heteroatoms. The molecule has 1 aromatic rings. The van der Waals surface area contributed by atoms with E-state index in [0.717, 1.165) is 18.9 Å². The lowest BCUT2D eigenvalue weighted by Crippen LogP contribution is -2.28. The number of fused-ring (bicyclic) bond motifs is 1.